The maximum atomic E-state index is 13.8. The Morgan fingerprint density at radius 3 is 1.50 bits per heavy atom. The van der Waals surface area contributed by atoms with Crippen molar-refractivity contribution in [1.82, 2.24) is 0 Å². The lowest BCUT2D eigenvalue weighted by molar-refractivity contribution is -0.137. The van der Waals surface area contributed by atoms with E-state index in [0.717, 1.165) is 28.3 Å². The molecule has 32 heavy (non-hydrogen) atoms. The molecule has 0 aliphatic carbocycles. The van der Waals surface area contributed by atoms with Crippen LogP contribution in [-0.4, -0.2) is 5.78 Å². The molecule has 4 aromatic carbocycles. The second-order valence-electron chi connectivity index (χ2n) is 7.29. The molecule has 0 saturated heterocycles. The van der Waals surface area contributed by atoms with E-state index in [1.54, 1.807) is 0 Å². The number of Topliss-reactive ketones (excluding diaryl/α,β-unsaturated/α-hetero) is 1. The summed E-state index contributed by atoms with van der Waals surface area (Å²) < 4.78 is 39.1. The number of rotatable bonds is 6. The monoisotopic (exact) mass is 448 g/mol. The highest BCUT2D eigenvalue weighted by Crippen LogP contribution is 2.51. The molecule has 0 radical (unpaired) electrons. The van der Waals surface area contributed by atoms with E-state index in [2.05, 4.69) is 0 Å². The van der Waals surface area contributed by atoms with Crippen LogP contribution in [0.4, 0.5) is 13.2 Å². The van der Waals surface area contributed by atoms with Gasteiger partial charge in [-0.3, -0.25) is 4.79 Å². The molecule has 0 saturated carbocycles. The zero-order valence-electron chi connectivity index (χ0n) is 17.0. The number of carbonyl (C=O) groups excluding carboxylic acids is 1. The number of carbonyl (C=O) groups is 1. The highest BCUT2D eigenvalue weighted by molar-refractivity contribution is 7.74. The molecule has 5 heteroatoms. The highest BCUT2D eigenvalue weighted by Gasteiger charge is 2.34. The van der Waals surface area contributed by atoms with Crippen LogP contribution in [0.3, 0.4) is 0 Å². The third-order valence-corrected chi connectivity index (χ3v) is 7.95. The van der Waals surface area contributed by atoms with Crippen LogP contribution in [0, 0.1) is 0 Å². The molecule has 4 rings (SSSR count). The van der Waals surface area contributed by atoms with Gasteiger partial charge < -0.3 is 0 Å². The van der Waals surface area contributed by atoms with Crippen molar-refractivity contribution in [3.63, 3.8) is 0 Å². The quantitative estimate of drug-likeness (QED) is 0.235. The van der Waals surface area contributed by atoms with E-state index in [4.69, 9.17) is 0 Å². The van der Waals surface area contributed by atoms with Gasteiger partial charge in [0.05, 0.1) is 11.2 Å². The summed E-state index contributed by atoms with van der Waals surface area (Å²) in [6, 6.07) is 33.6. The van der Waals surface area contributed by atoms with Crippen LogP contribution in [-0.2, 0) is 6.18 Å². The molecule has 1 unspecified atom stereocenters. The fourth-order valence-corrected chi connectivity index (χ4v) is 6.39. The average molecular weight is 448 g/mol. The van der Waals surface area contributed by atoms with Crippen LogP contribution in [0.2, 0.25) is 0 Å². The standard InChI is InChI=1S/C27H20F3OP/c28-27(29,30)22-18-16-20(17-19-22)25(31)26(21-10-4-1-5-11-21)32(23-12-6-2-7-13-23)24-14-8-3-9-15-24/h1-19,26H. The fourth-order valence-electron chi connectivity index (χ4n) is 3.66. The van der Waals surface area contributed by atoms with Crippen molar-refractivity contribution in [2.24, 2.45) is 0 Å². The van der Waals surface area contributed by atoms with Gasteiger partial charge in [0.2, 0.25) is 0 Å². The molecule has 1 atom stereocenters. The van der Waals surface area contributed by atoms with Gasteiger partial charge >= 0.3 is 6.18 Å². The Balaban J connectivity index is 1.85. The predicted octanol–water partition coefficient (Wildman–Crippen LogP) is 6.76. The first-order valence-electron chi connectivity index (χ1n) is 10.1. The molecule has 4 aromatic rings. The predicted molar refractivity (Wildman–Crippen MR) is 124 cm³/mol. The first kappa shape index (κ1) is 22.0. The van der Waals surface area contributed by atoms with Crippen molar-refractivity contribution in [2.45, 2.75) is 11.8 Å². The van der Waals surface area contributed by atoms with Gasteiger partial charge in [-0.2, -0.15) is 13.2 Å². The molecule has 0 spiro atoms. The van der Waals surface area contributed by atoms with E-state index in [1.807, 2.05) is 91.0 Å². The number of hydrogen-bond acceptors (Lipinski definition) is 1. The lowest BCUT2D eigenvalue weighted by Gasteiger charge is -2.28. The molecule has 0 N–H and O–H groups in total. The fraction of sp³-hybridized carbons (Fsp3) is 0.0741. The van der Waals surface area contributed by atoms with E-state index in [0.29, 0.717) is 0 Å². The number of alkyl halides is 3. The molecule has 0 aromatic heterocycles. The minimum atomic E-state index is -4.44. The van der Waals surface area contributed by atoms with Crippen molar-refractivity contribution in [3.8, 4) is 0 Å². The van der Waals surface area contributed by atoms with Gasteiger partial charge in [-0.15, -0.1) is 0 Å². The summed E-state index contributed by atoms with van der Waals surface area (Å²) >= 11 is 0. The Kier molecular flexibility index (Phi) is 6.53. The van der Waals surface area contributed by atoms with E-state index in [1.165, 1.54) is 12.1 Å². The summed E-state index contributed by atoms with van der Waals surface area (Å²) in [6.45, 7) is 0. The normalized spacial score (nSPS) is 12.5. The lowest BCUT2D eigenvalue weighted by atomic mass is 10.0. The average Bonchev–Trinajstić information content (AvgIpc) is 2.83. The zero-order chi connectivity index (χ0) is 22.6. The SMILES string of the molecule is O=C(c1ccc(C(F)(F)F)cc1)C(c1ccccc1)P(c1ccccc1)c1ccccc1. The van der Waals surface area contributed by atoms with Crippen LogP contribution in [0.5, 0.6) is 0 Å². The van der Waals surface area contributed by atoms with Crippen LogP contribution in [0.1, 0.15) is 27.1 Å². The molecule has 0 aliphatic heterocycles. The van der Waals surface area contributed by atoms with Gasteiger partial charge in [-0.05, 0) is 36.2 Å². The largest absolute Gasteiger partial charge is 0.416 e. The Morgan fingerprint density at radius 2 is 1.06 bits per heavy atom. The Bertz CT molecular complexity index is 1120. The molecule has 160 valence electrons. The van der Waals surface area contributed by atoms with Gasteiger partial charge in [0.25, 0.3) is 0 Å². The summed E-state index contributed by atoms with van der Waals surface area (Å²) in [5.41, 5.74) is -0.186. The Labute approximate surface area is 186 Å². The third-order valence-electron chi connectivity index (χ3n) is 5.19. The molecule has 1 nitrogen and oxygen atoms in total. The molecule has 0 bridgehead atoms. The van der Waals surface area contributed by atoms with Crippen molar-refractivity contribution in [2.75, 3.05) is 0 Å². The molecular weight excluding hydrogens is 428 g/mol. The van der Waals surface area contributed by atoms with Gasteiger partial charge in [-0.1, -0.05) is 103 Å². The maximum absolute atomic E-state index is 13.8. The lowest BCUT2D eigenvalue weighted by Crippen LogP contribution is -2.23. The van der Waals surface area contributed by atoms with Gasteiger partial charge in [0.15, 0.2) is 5.78 Å². The summed E-state index contributed by atoms with van der Waals surface area (Å²) in [4.78, 5) is 13.8. The first-order chi connectivity index (χ1) is 15.4. The van der Waals surface area contributed by atoms with Crippen molar-refractivity contribution in [3.05, 3.63) is 132 Å². The minimum Gasteiger partial charge on any atom is -0.293 e. The molecule has 0 aliphatic rings. The molecule has 0 amide bonds. The van der Waals surface area contributed by atoms with Gasteiger partial charge in [-0.25, -0.2) is 0 Å². The van der Waals surface area contributed by atoms with Crippen LogP contribution < -0.4 is 10.6 Å². The van der Waals surface area contributed by atoms with Crippen LogP contribution in [0.25, 0.3) is 0 Å². The number of benzene rings is 4. The number of halogens is 3. The Hall–Kier alpha value is -3.23. The summed E-state index contributed by atoms with van der Waals surface area (Å²) in [5, 5.41) is 2.06. The van der Waals surface area contributed by atoms with E-state index in [9.17, 15) is 18.0 Å². The van der Waals surface area contributed by atoms with Crippen LogP contribution in [0.15, 0.2) is 115 Å². The first-order valence-corrected chi connectivity index (χ1v) is 11.5. The minimum absolute atomic E-state index is 0.191. The third kappa shape index (κ3) is 4.81. The maximum Gasteiger partial charge on any atom is 0.416 e. The van der Waals surface area contributed by atoms with E-state index in [-0.39, 0.29) is 11.3 Å². The topological polar surface area (TPSA) is 17.1 Å². The molecule has 0 fully saturated rings. The second kappa shape index (κ2) is 9.50. The van der Waals surface area contributed by atoms with Crippen LogP contribution >= 0.6 is 7.92 Å². The van der Waals surface area contributed by atoms with E-state index < -0.39 is 25.3 Å². The molecule has 0 heterocycles. The summed E-state index contributed by atoms with van der Waals surface area (Å²) in [7, 11) is -1.16. The smallest absolute Gasteiger partial charge is 0.293 e. The Morgan fingerprint density at radius 1 is 0.625 bits per heavy atom. The molecular formula is C27H20F3OP. The van der Waals surface area contributed by atoms with Crippen molar-refractivity contribution < 1.29 is 18.0 Å². The second-order valence-corrected chi connectivity index (χ2v) is 9.58. The van der Waals surface area contributed by atoms with Gasteiger partial charge in [0, 0.05) is 5.56 Å². The zero-order valence-corrected chi connectivity index (χ0v) is 17.9. The summed E-state index contributed by atoms with van der Waals surface area (Å²) in [5.74, 6) is -0.191. The number of ketones is 1. The highest BCUT2D eigenvalue weighted by atomic mass is 31.1. The van der Waals surface area contributed by atoms with Crippen molar-refractivity contribution in [1.29, 1.82) is 0 Å². The van der Waals surface area contributed by atoms with Crippen molar-refractivity contribution >= 4 is 24.3 Å². The van der Waals surface area contributed by atoms with Gasteiger partial charge in [0.1, 0.15) is 0 Å². The van der Waals surface area contributed by atoms with E-state index >= 15 is 0 Å². The number of hydrogen-bond donors (Lipinski definition) is 0. The summed E-state index contributed by atoms with van der Waals surface area (Å²) in [6.07, 6.45) is -4.44.